The Labute approximate surface area is 121 Å². The Morgan fingerprint density at radius 3 is 2.85 bits per heavy atom. The van der Waals surface area contributed by atoms with Gasteiger partial charge < -0.3 is 15.8 Å². The van der Waals surface area contributed by atoms with E-state index in [0.29, 0.717) is 30.3 Å². The van der Waals surface area contributed by atoms with Gasteiger partial charge in [-0.2, -0.15) is 0 Å². The summed E-state index contributed by atoms with van der Waals surface area (Å²) in [5, 5.41) is 2.93. The third-order valence-corrected chi connectivity index (χ3v) is 5.06. The second kappa shape index (κ2) is 7.40. The standard InChI is InChI=1S/C14H20N2O3S/c15-11-2-1-3-12(10-11)16-14(17)6-9-20(18)13-4-7-19-8-5-13/h1-3,10,13H,4-9,15H2,(H,16,17). The average Bonchev–Trinajstić information content (AvgIpc) is 2.46. The smallest absolute Gasteiger partial charge is 0.225 e. The molecule has 0 saturated carbocycles. The minimum atomic E-state index is -0.955. The first-order valence-electron chi connectivity index (χ1n) is 6.75. The van der Waals surface area contributed by atoms with E-state index >= 15 is 0 Å². The van der Waals surface area contributed by atoms with Gasteiger partial charge in [-0.1, -0.05) is 6.07 Å². The number of hydrogen-bond acceptors (Lipinski definition) is 4. The zero-order chi connectivity index (χ0) is 14.4. The quantitative estimate of drug-likeness (QED) is 0.807. The molecule has 0 aliphatic carbocycles. The van der Waals surface area contributed by atoms with Crippen LogP contribution >= 0.6 is 0 Å². The van der Waals surface area contributed by atoms with Gasteiger partial charge in [0.2, 0.25) is 5.91 Å². The van der Waals surface area contributed by atoms with E-state index in [9.17, 15) is 9.00 Å². The average molecular weight is 296 g/mol. The Hall–Kier alpha value is -1.40. The fourth-order valence-electron chi connectivity index (χ4n) is 2.14. The molecule has 0 aromatic heterocycles. The topological polar surface area (TPSA) is 81.4 Å². The van der Waals surface area contributed by atoms with Gasteiger partial charge in [-0.15, -0.1) is 0 Å². The minimum absolute atomic E-state index is 0.129. The van der Waals surface area contributed by atoms with E-state index in [4.69, 9.17) is 10.5 Å². The van der Waals surface area contributed by atoms with Crippen LogP contribution in [0.3, 0.4) is 0 Å². The monoisotopic (exact) mass is 296 g/mol. The molecule has 1 heterocycles. The summed E-state index contributed by atoms with van der Waals surface area (Å²) in [6.45, 7) is 1.35. The summed E-state index contributed by atoms with van der Waals surface area (Å²) in [7, 11) is -0.955. The fraction of sp³-hybridized carbons (Fsp3) is 0.500. The molecular formula is C14H20N2O3S. The van der Waals surface area contributed by atoms with E-state index in [1.165, 1.54) is 0 Å². The van der Waals surface area contributed by atoms with Crippen LogP contribution in [0.5, 0.6) is 0 Å². The molecule has 1 saturated heterocycles. The summed E-state index contributed by atoms with van der Waals surface area (Å²) in [5.74, 6) is 0.273. The van der Waals surface area contributed by atoms with Crippen LogP contribution < -0.4 is 11.1 Å². The summed E-state index contributed by atoms with van der Waals surface area (Å²) in [5.41, 5.74) is 6.92. The first-order valence-corrected chi connectivity index (χ1v) is 8.13. The van der Waals surface area contributed by atoms with E-state index in [1.807, 2.05) is 0 Å². The van der Waals surface area contributed by atoms with Gasteiger partial charge in [0.15, 0.2) is 0 Å². The Kier molecular flexibility index (Phi) is 5.55. The number of nitrogens with two attached hydrogens (primary N) is 1. The Balaban J connectivity index is 1.75. The van der Waals surface area contributed by atoms with Crippen molar-refractivity contribution in [1.82, 2.24) is 0 Å². The molecule has 0 spiro atoms. The molecule has 1 amide bonds. The van der Waals surface area contributed by atoms with Crippen LogP contribution in [0.15, 0.2) is 24.3 Å². The maximum absolute atomic E-state index is 12.1. The predicted octanol–water partition coefficient (Wildman–Crippen LogP) is 1.53. The molecule has 1 aromatic rings. The van der Waals surface area contributed by atoms with Crippen molar-refractivity contribution in [1.29, 1.82) is 0 Å². The molecule has 20 heavy (non-hydrogen) atoms. The lowest BCUT2D eigenvalue weighted by molar-refractivity contribution is -0.115. The van der Waals surface area contributed by atoms with Gasteiger partial charge in [0, 0.05) is 52.8 Å². The van der Waals surface area contributed by atoms with Crippen LogP contribution in [0.4, 0.5) is 11.4 Å². The lowest BCUT2D eigenvalue weighted by Gasteiger charge is -2.21. The number of benzene rings is 1. The normalized spacial score (nSPS) is 17.6. The Morgan fingerprint density at radius 1 is 1.40 bits per heavy atom. The Bertz CT molecular complexity index is 487. The summed E-state index contributed by atoms with van der Waals surface area (Å²) in [6, 6.07) is 7.03. The number of hydrogen-bond donors (Lipinski definition) is 2. The molecule has 5 nitrogen and oxygen atoms in total. The highest BCUT2D eigenvalue weighted by Gasteiger charge is 2.20. The molecule has 1 unspecified atom stereocenters. The first kappa shape index (κ1) is 15.0. The number of carbonyl (C=O) groups excluding carboxylic acids is 1. The highest BCUT2D eigenvalue weighted by Crippen LogP contribution is 2.15. The van der Waals surface area contributed by atoms with Crippen LogP contribution in [0.25, 0.3) is 0 Å². The lowest BCUT2D eigenvalue weighted by Crippen LogP contribution is -2.27. The van der Waals surface area contributed by atoms with Gasteiger partial charge in [0.05, 0.1) is 0 Å². The molecule has 1 atom stereocenters. The lowest BCUT2D eigenvalue weighted by atomic mass is 10.2. The van der Waals surface area contributed by atoms with Gasteiger partial charge in [-0.25, -0.2) is 0 Å². The van der Waals surface area contributed by atoms with Crippen LogP contribution in [-0.4, -0.2) is 34.3 Å². The van der Waals surface area contributed by atoms with Crippen molar-refractivity contribution >= 4 is 28.1 Å². The van der Waals surface area contributed by atoms with Crippen LogP contribution in [0, 0.1) is 0 Å². The molecule has 2 rings (SSSR count). The molecule has 110 valence electrons. The molecule has 1 aliphatic heterocycles. The van der Waals surface area contributed by atoms with Crippen LogP contribution in [0.1, 0.15) is 19.3 Å². The molecular weight excluding hydrogens is 276 g/mol. The zero-order valence-electron chi connectivity index (χ0n) is 11.3. The molecule has 1 fully saturated rings. The minimum Gasteiger partial charge on any atom is -0.399 e. The van der Waals surface area contributed by atoms with Gasteiger partial charge in [0.25, 0.3) is 0 Å². The molecule has 0 bridgehead atoms. The number of rotatable bonds is 5. The highest BCUT2D eigenvalue weighted by atomic mass is 32.2. The van der Waals surface area contributed by atoms with E-state index < -0.39 is 10.8 Å². The van der Waals surface area contributed by atoms with Crippen molar-refractivity contribution in [3.63, 3.8) is 0 Å². The molecule has 1 aliphatic rings. The number of nitrogen functional groups attached to an aromatic ring is 1. The SMILES string of the molecule is Nc1cccc(NC(=O)CCS(=O)C2CCOCC2)c1. The predicted molar refractivity (Wildman–Crippen MR) is 81.0 cm³/mol. The highest BCUT2D eigenvalue weighted by molar-refractivity contribution is 7.85. The fourth-order valence-corrected chi connectivity index (χ4v) is 3.58. The maximum Gasteiger partial charge on any atom is 0.225 e. The molecule has 1 aromatic carbocycles. The molecule has 0 radical (unpaired) electrons. The summed E-state index contributed by atoms with van der Waals surface area (Å²) in [6.07, 6.45) is 1.91. The van der Waals surface area contributed by atoms with Crippen molar-refractivity contribution in [2.45, 2.75) is 24.5 Å². The second-order valence-corrected chi connectivity index (χ2v) is 6.66. The van der Waals surface area contributed by atoms with Crippen LogP contribution in [-0.2, 0) is 20.3 Å². The first-order chi connectivity index (χ1) is 9.65. The zero-order valence-corrected chi connectivity index (χ0v) is 12.2. The second-order valence-electron chi connectivity index (χ2n) is 4.82. The Morgan fingerprint density at radius 2 is 2.15 bits per heavy atom. The van der Waals surface area contributed by atoms with Gasteiger partial charge in [0.1, 0.15) is 0 Å². The molecule has 6 heteroatoms. The van der Waals surface area contributed by atoms with Crippen molar-refractivity contribution in [2.24, 2.45) is 0 Å². The van der Waals surface area contributed by atoms with Gasteiger partial charge in [-0.3, -0.25) is 9.00 Å². The van der Waals surface area contributed by atoms with Crippen molar-refractivity contribution in [3.8, 4) is 0 Å². The van der Waals surface area contributed by atoms with Crippen molar-refractivity contribution < 1.29 is 13.7 Å². The van der Waals surface area contributed by atoms with Crippen molar-refractivity contribution in [2.75, 3.05) is 30.0 Å². The van der Waals surface area contributed by atoms with E-state index in [1.54, 1.807) is 24.3 Å². The van der Waals surface area contributed by atoms with Gasteiger partial charge >= 0.3 is 0 Å². The number of amides is 1. The van der Waals surface area contributed by atoms with E-state index in [-0.39, 0.29) is 17.6 Å². The number of carbonyl (C=O) groups is 1. The number of anilines is 2. The number of ether oxygens (including phenoxy) is 1. The number of nitrogens with one attached hydrogen (secondary N) is 1. The van der Waals surface area contributed by atoms with E-state index in [2.05, 4.69) is 5.32 Å². The van der Waals surface area contributed by atoms with Crippen LogP contribution in [0.2, 0.25) is 0 Å². The van der Waals surface area contributed by atoms with Crippen molar-refractivity contribution in [3.05, 3.63) is 24.3 Å². The maximum atomic E-state index is 12.1. The summed E-state index contributed by atoms with van der Waals surface area (Å²) < 4.78 is 17.3. The summed E-state index contributed by atoms with van der Waals surface area (Å²) in [4.78, 5) is 11.8. The third-order valence-electron chi connectivity index (χ3n) is 3.24. The largest absolute Gasteiger partial charge is 0.399 e. The third kappa shape index (κ3) is 4.61. The summed E-state index contributed by atoms with van der Waals surface area (Å²) >= 11 is 0. The molecule has 3 N–H and O–H groups in total. The van der Waals surface area contributed by atoms with E-state index in [0.717, 1.165) is 12.8 Å². The van der Waals surface area contributed by atoms with Gasteiger partial charge in [-0.05, 0) is 31.0 Å².